The predicted octanol–water partition coefficient (Wildman–Crippen LogP) is 3.60. The number of para-hydroxylation sites is 2. The summed E-state index contributed by atoms with van der Waals surface area (Å²) < 4.78 is 8.40. The van der Waals surface area contributed by atoms with Crippen molar-refractivity contribution in [2.75, 3.05) is 5.32 Å². The molecule has 0 bridgehead atoms. The molecule has 9 nitrogen and oxygen atoms in total. The van der Waals surface area contributed by atoms with Crippen molar-refractivity contribution >= 4 is 33.5 Å². The number of amides is 1. The van der Waals surface area contributed by atoms with Gasteiger partial charge in [-0.2, -0.15) is 4.98 Å². The van der Waals surface area contributed by atoms with Crippen LogP contribution in [0.1, 0.15) is 29.8 Å². The molecule has 0 unspecified atom stereocenters. The molecule has 1 N–H and O–H groups in total. The number of rotatable bonds is 6. The van der Waals surface area contributed by atoms with Crippen LogP contribution < -0.4 is 10.9 Å². The molecule has 5 rings (SSSR count). The number of hydrogen-bond donors (Lipinski definition) is 1. The smallest absolute Gasteiger partial charge is 0.278 e. The van der Waals surface area contributed by atoms with Gasteiger partial charge in [0.2, 0.25) is 11.8 Å². The average molecular weight is 457 g/mol. The topological polar surface area (TPSA) is 108 Å². The number of anilines is 1. The summed E-state index contributed by atoms with van der Waals surface area (Å²) in [7, 11) is 0. The summed E-state index contributed by atoms with van der Waals surface area (Å²) in [5, 5.41) is 7.71. The van der Waals surface area contributed by atoms with Crippen LogP contribution in [0.4, 0.5) is 5.69 Å². The van der Waals surface area contributed by atoms with Crippen molar-refractivity contribution in [3.05, 3.63) is 82.0 Å². The first-order valence-electron chi connectivity index (χ1n) is 11.1. The van der Waals surface area contributed by atoms with Gasteiger partial charge in [-0.3, -0.25) is 14.2 Å². The Morgan fingerprint density at radius 2 is 1.85 bits per heavy atom. The number of carbonyl (C=O) groups is 1. The number of aromatic nitrogens is 5. The van der Waals surface area contributed by atoms with E-state index in [1.807, 2.05) is 63.2 Å². The number of aryl methyl sites for hydroxylation is 3. The molecule has 3 aromatic heterocycles. The second-order valence-electron chi connectivity index (χ2n) is 8.25. The van der Waals surface area contributed by atoms with Crippen LogP contribution >= 0.6 is 0 Å². The first-order chi connectivity index (χ1) is 16.5. The van der Waals surface area contributed by atoms with Gasteiger partial charge in [-0.1, -0.05) is 48.5 Å². The van der Waals surface area contributed by atoms with Crippen LogP contribution in [0.3, 0.4) is 0 Å². The number of fused-ring (bicyclic) bond motifs is 3. The highest BCUT2D eigenvalue weighted by Crippen LogP contribution is 2.26. The molecule has 3 heterocycles. The molecule has 0 spiro atoms. The van der Waals surface area contributed by atoms with Crippen molar-refractivity contribution in [1.82, 2.24) is 24.3 Å². The van der Waals surface area contributed by atoms with Crippen molar-refractivity contribution in [2.45, 2.75) is 40.3 Å². The van der Waals surface area contributed by atoms with Crippen LogP contribution in [0.15, 0.2) is 58.1 Å². The van der Waals surface area contributed by atoms with Crippen molar-refractivity contribution in [2.24, 2.45) is 0 Å². The van der Waals surface area contributed by atoms with E-state index >= 15 is 0 Å². The van der Waals surface area contributed by atoms with E-state index < -0.39 is 0 Å². The lowest BCUT2D eigenvalue weighted by Crippen LogP contribution is -2.26. The van der Waals surface area contributed by atoms with Gasteiger partial charge in [-0.15, -0.1) is 0 Å². The van der Waals surface area contributed by atoms with Gasteiger partial charge >= 0.3 is 0 Å². The zero-order chi connectivity index (χ0) is 23.8. The first-order valence-corrected chi connectivity index (χ1v) is 11.1. The Bertz CT molecular complexity index is 1570. The molecule has 0 radical (unpaired) electrons. The summed E-state index contributed by atoms with van der Waals surface area (Å²) in [6.07, 6.45) is 2.12. The van der Waals surface area contributed by atoms with E-state index in [0.717, 1.165) is 27.7 Å². The Morgan fingerprint density at radius 3 is 2.59 bits per heavy atom. The van der Waals surface area contributed by atoms with Crippen molar-refractivity contribution < 1.29 is 9.32 Å². The predicted molar refractivity (Wildman–Crippen MR) is 129 cm³/mol. The lowest BCUT2D eigenvalue weighted by molar-refractivity contribution is -0.116. The SMILES string of the molecule is CCc1noc(Cn2cnc3c4ccccc4n(CC(=O)Nc4c(C)cccc4C)c3c2=O)n1. The fourth-order valence-corrected chi connectivity index (χ4v) is 4.20. The maximum absolute atomic E-state index is 13.5. The van der Waals surface area contributed by atoms with Crippen molar-refractivity contribution in [3.8, 4) is 0 Å². The molecule has 1 amide bonds. The molecule has 2 aromatic carbocycles. The Morgan fingerprint density at radius 1 is 1.09 bits per heavy atom. The molecule has 0 saturated carbocycles. The van der Waals surface area contributed by atoms with Crippen LogP contribution in [0.5, 0.6) is 0 Å². The molecule has 0 fully saturated rings. The van der Waals surface area contributed by atoms with Crippen molar-refractivity contribution in [3.63, 3.8) is 0 Å². The van der Waals surface area contributed by atoms with E-state index in [1.165, 1.54) is 10.9 Å². The van der Waals surface area contributed by atoms with Crippen LogP contribution in [0.2, 0.25) is 0 Å². The Kier molecular flexibility index (Phi) is 5.45. The van der Waals surface area contributed by atoms with E-state index in [2.05, 4.69) is 20.4 Å². The molecule has 0 saturated heterocycles. The van der Waals surface area contributed by atoms with Gasteiger partial charge in [0, 0.05) is 17.5 Å². The fourth-order valence-electron chi connectivity index (χ4n) is 4.20. The standard InChI is InChI=1S/C25H24N6O3/c1-4-19-27-21(34-29-19)13-30-14-26-23-17-10-5-6-11-18(17)31(24(23)25(30)33)12-20(32)28-22-15(2)8-7-9-16(22)3/h5-11,14H,4,12-13H2,1-3H3,(H,28,32). The molecule has 34 heavy (non-hydrogen) atoms. The summed E-state index contributed by atoms with van der Waals surface area (Å²) in [4.78, 5) is 35.5. The van der Waals surface area contributed by atoms with E-state index in [1.54, 1.807) is 4.57 Å². The molecule has 5 aromatic rings. The minimum Gasteiger partial charge on any atom is -0.337 e. The van der Waals surface area contributed by atoms with Gasteiger partial charge in [0.1, 0.15) is 24.1 Å². The molecular weight excluding hydrogens is 432 g/mol. The van der Waals surface area contributed by atoms with Gasteiger partial charge in [-0.25, -0.2) is 4.98 Å². The molecule has 9 heteroatoms. The van der Waals surface area contributed by atoms with Crippen LogP contribution in [0.25, 0.3) is 21.9 Å². The zero-order valence-corrected chi connectivity index (χ0v) is 19.2. The van der Waals surface area contributed by atoms with Crippen LogP contribution in [-0.2, 0) is 24.3 Å². The number of carbonyl (C=O) groups excluding carboxylic acids is 1. The third kappa shape index (κ3) is 3.75. The van der Waals surface area contributed by atoms with Crippen LogP contribution in [-0.4, -0.2) is 30.2 Å². The molecule has 0 atom stereocenters. The lowest BCUT2D eigenvalue weighted by atomic mass is 10.1. The number of benzene rings is 2. The monoisotopic (exact) mass is 456 g/mol. The van der Waals surface area contributed by atoms with E-state index in [4.69, 9.17) is 4.52 Å². The maximum Gasteiger partial charge on any atom is 0.278 e. The summed E-state index contributed by atoms with van der Waals surface area (Å²) >= 11 is 0. The molecule has 172 valence electrons. The van der Waals surface area contributed by atoms with Crippen LogP contribution in [0, 0.1) is 13.8 Å². The summed E-state index contributed by atoms with van der Waals surface area (Å²) in [6, 6.07) is 13.4. The quantitative estimate of drug-likeness (QED) is 0.418. The number of hydrogen-bond acceptors (Lipinski definition) is 6. The summed E-state index contributed by atoms with van der Waals surface area (Å²) in [6.45, 7) is 5.90. The molecule has 0 aliphatic carbocycles. The van der Waals surface area contributed by atoms with E-state index in [9.17, 15) is 9.59 Å². The largest absolute Gasteiger partial charge is 0.337 e. The zero-order valence-electron chi connectivity index (χ0n) is 19.2. The van der Waals surface area contributed by atoms with E-state index in [0.29, 0.717) is 29.2 Å². The van der Waals surface area contributed by atoms with Gasteiger partial charge in [0.15, 0.2) is 5.82 Å². The molecule has 0 aliphatic heterocycles. The second-order valence-corrected chi connectivity index (χ2v) is 8.25. The molecule has 0 aliphatic rings. The summed E-state index contributed by atoms with van der Waals surface area (Å²) in [5.41, 5.74) is 4.13. The number of nitrogens with one attached hydrogen (secondary N) is 1. The summed E-state index contributed by atoms with van der Waals surface area (Å²) in [5.74, 6) is 0.684. The Balaban J connectivity index is 1.58. The first kappa shape index (κ1) is 21.6. The fraction of sp³-hybridized carbons (Fsp3) is 0.240. The number of nitrogens with zero attached hydrogens (tertiary/aromatic N) is 5. The highest BCUT2D eigenvalue weighted by Gasteiger charge is 2.19. The lowest BCUT2D eigenvalue weighted by Gasteiger charge is -2.13. The average Bonchev–Trinajstić information content (AvgIpc) is 3.41. The highest BCUT2D eigenvalue weighted by atomic mass is 16.5. The van der Waals surface area contributed by atoms with Gasteiger partial charge < -0.3 is 14.4 Å². The Labute approximate surface area is 195 Å². The van der Waals surface area contributed by atoms with E-state index in [-0.39, 0.29) is 24.6 Å². The van der Waals surface area contributed by atoms with Gasteiger partial charge in [0.05, 0.1) is 11.8 Å². The third-order valence-corrected chi connectivity index (χ3v) is 5.91. The normalized spacial score (nSPS) is 11.4. The van der Waals surface area contributed by atoms with Crippen molar-refractivity contribution in [1.29, 1.82) is 0 Å². The van der Waals surface area contributed by atoms with Gasteiger partial charge in [0.25, 0.3) is 5.56 Å². The maximum atomic E-state index is 13.5. The minimum atomic E-state index is -0.280. The third-order valence-electron chi connectivity index (χ3n) is 5.91. The van der Waals surface area contributed by atoms with Gasteiger partial charge in [-0.05, 0) is 31.0 Å². The second kappa shape index (κ2) is 8.58. The Hall–Kier alpha value is -4.27. The minimum absolute atomic E-state index is 0.0285. The molecular formula is C25H24N6O3. The highest BCUT2D eigenvalue weighted by molar-refractivity contribution is 6.06.